The zero-order valence-corrected chi connectivity index (χ0v) is 12.3. The number of amides is 1. The predicted octanol–water partition coefficient (Wildman–Crippen LogP) is 2.91. The maximum Gasteiger partial charge on any atom is 0.238 e. The van der Waals surface area contributed by atoms with Gasteiger partial charge in [-0.05, 0) is 44.3 Å². The summed E-state index contributed by atoms with van der Waals surface area (Å²) in [4.78, 5) is 14.5. The summed E-state index contributed by atoms with van der Waals surface area (Å²) < 4.78 is -0.110. The molecule has 2 saturated heterocycles. The molecule has 0 saturated carbocycles. The molecule has 2 aliphatic heterocycles. The van der Waals surface area contributed by atoms with Crippen molar-refractivity contribution < 1.29 is 4.79 Å². The van der Waals surface area contributed by atoms with Gasteiger partial charge in [-0.2, -0.15) is 0 Å². The highest BCUT2D eigenvalue weighted by Crippen LogP contribution is 2.39. The molecule has 2 heterocycles. The first-order valence-corrected chi connectivity index (χ1v) is 8.26. The average molecular weight is 306 g/mol. The van der Waals surface area contributed by atoms with Crippen molar-refractivity contribution in [2.45, 2.75) is 37.4 Å². The first kappa shape index (κ1) is 12.7. The smallest absolute Gasteiger partial charge is 0.238 e. The van der Waals surface area contributed by atoms with Gasteiger partial charge < -0.3 is 4.90 Å². The van der Waals surface area contributed by atoms with Crippen LogP contribution in [0.4, 0.5) is 0 Å². The summed E-state index contributed by atoms with van der Waals surface area (Å²) in [5.74, 6) is 2.32. The van der Waals surface area contributed by atoms with Gasteiger partial charge in [0, 0.05) is 18.4 Å². The highest BCUT2D eigenvalue weighted by Gasteiger charge is 2.40. The molecule has 0 bridgehead atoms. The molecule has 1 unspecified atom stereocenters. The Morgan fingerprint density at radius 3 is 2.69 bits per heavy atom. The van der Waals surface area contributed by atoms with E-state index >= 15 is 0 Å². The molecule has 0 spiro atoms. The van der Waals surface area contributed by atoms with Crippen LogP contribution in [0.15, 0.2) is 0 Å². The number of halogens is 1. The second kappa shape index (κ2) is 5.30. The van der Waals surface area contributed by atoms with E-state index in [1.54, 1.807) is 0 Å². The predicted molar refractivity (Wildman–Crippen MR) is 73.2 cm³/mol. The molecule has 92 valence electrons. The van der Waals surface area contributed by atoms with Crippen LogP contribution in [-0.2, 0) is 4.79 Å². The van der Waals surface area contributed by atoms with Gasteiger partial charge in [0.15, 0.2) is 0 Å². The van der Waals surface area contributed by atoms with Crippen LogP contribution in [0.25, 0.3) is 0 Å². The fraction of sp³-hybridized carbons (Fsp3) is 0.917. The molecule has 0 aromatic carbocycles. The summed E-state index contributed by atoms with van der Waals surface area (Å²) in [6, 6.07) is 0. The van der Waals surface area contributed by atoms with Crippen molar-refractivity contribution in [2.75, 3.05) is 24.2 Å². The van der Waals surface area contributed by atoms with Crippen LogP contribution >= 0.6 is 27.7 Å². The number of hydrogen-bond acceptors (Lipinski definition) is 2. The average Bonchev–Trinajstić information content (AvgIpc) is 2.77. The number of alkyl halides is 1. The molecule has 0 aliphatic carbocycles. The highest BCUT2D eigenvalue weighted by atomic mass is 79.9. The topological polar surface area (TPSA) is 20.3 Å². The molecular formula is C12H20BrNOS. The molecule has 16 heavy (non-hydrogen) atoms. The van der Waals surface area contributed by atoms with Gasteiger partial charge >= 0.3 is 0 Å². The van der Waals surface area contributed by atoms with Gasteiger partial charge in [0.25, 0.3) is 0 Å². The zero-order chi connectivity index (χ0) is 11.6. The number of nitrogens with zero attached hydrogens (tertiary/aromatic N) is 1. The largest absolute Gasteiger partial charge is 0.341 e. The molecule has 0 aromatic rings. The molecule has 0 radical (unpaired) electrons. The van der Waals surface area contributed by atoms with Crippen LogP contribution in [0.2, 0.25) is 0 Å². The Bertz CT molecular complexity index is 258. The molecule has 4 heteroatoms. The van der Waals surface area contributed by atoms with Crippen molar-refractivity contribution in [1.29, 1.82) is 0 Å². The number of hydrogen-bond donors (Lipinski definition) is 0. The monoisotopic (exact) mass is 305 g/mol. The van der Waals surface area contributed by atoms with E-state index < -0.39 is 0 Å². The number of likely N-dealkylation sites (tertiary alicyclic amines) is 1. The van der Waals surface area contributed by atoms with E-state index in [1.807, 2.05) is 11.8 Å². The second-order valence-electron chi connectivity index (χ2n) is 5.07. The maximum absolute atomic E-state index is 12.4. The number of thioether (sulfide) groups is 1. The highest BCUT2D eigenvalue weighted by molar-refractivity contribution is 9.09. The third kappa shape index (κ3) is 2.58. The fourth-order valence-electron chi connectivity index (χ4n) is 2.57. The number of carbonyl (C=O) groups excluding carboxylic acids is 1. The Balaban J connectivity index is 1.91. The normalized spacial score (nSPS) is 32.0. The molecule has 0 N–H and O–H groups in total. The molecule has 1 amide bonds. The SMILES string of the molecule is CC1(C(=O)N2CCC(CBr)CC2)CCCS1. The summed E-state index contributed by atoms with van der Waals surface area (Å²) in [6.07, 6.45) is 4.59. The summed E-state index contributed by atoms with van der Waals surface area (Å²) in [5.41, 5.74) is 0. The van der Waals surface area contributed by atoms with Gasteiger partial charge in [0.1, 0.15) is 0 Å². The first-order chi connectivity index (χ1) is 7.65. The minimum absolute atomic E-state index is 0.110. The third-order valence-electron chi connectivity index (χ3n) is 3.79. The van der Waals surface area contributed by atoms with Gasteiger partial charge in [0.05, 0.1) is 4.75 Å². The van der Waals surface area contributed by atoms with Gasteiger partial charge in [-0.15, -0.1) is 11.8 Å². The first-order valence-electron chi connectivity index (χ1n) is 6.15. The Labute approximate surface area is 111 Å². The lowest BCUT2D eigenvalue weighted by Crippen LogP contribution is -2.47. The quantitative estimate of drug-likeness (QED) is 0.731. The van der Waals surface area contributed by atoms with Gasteiger partial charge in [0.2, 0.25) is 5.91 Å². The minimum atomic E-state index is -0.110. The number of carbonyl (C=O) groups is 1. The molecular weight excluding hydrogens is 286 g/mol. The lowest BCUT2D eigenvalue weighted by atomic mass is 9.96. The van der Waals surface area contributed by atoms with Crippen LogP contribution < -0.4 is 0 Å². The van der Waals surface area contributed by atoms with Crippen molar-refractivity contribution in [1.82, 2.24) is 4.90 Å². The summed E-state index contributed by atoms with van der Waals surface area (Å²) >= 11 is 5.39. The Morgan fingerprint density at radius 1 is 1.50 bits per heavy atom. The Morgan fingerprint density at radius 2 is 2.19 bits per heavy atom. The molecule has 0 aromatic heterocycles. The van der Waals surface area contributed by atoms with Crippen molar-refractivity contribution in [3.05, 3.63) is 0 Å². The van der Waals surface area contributed by atoms with Crippen LogP contribution in [-0.4, -0.2) is 39.7 Å². The summed E-state index contributed by atoms with van der Waals surface area (Å²) in [5, 5.41) is 1.08. The molecule has 2 rings (SSSR count). The maximum atomic E-state index is 12.4. The van der Waals surface area contributed by atoms with Gasteiger partial charge in [-0.25, -0.2) is 0 Å². The van der Waals surface area contributed by atoms with E-state index in [4.69, 9.17) is 0 Å². The van der Waals surface area contributed by atoms with Crippen LogP contribution in [0, 0.1) is 5.92 Å². The number of rotatable bonds is 2. The van der Waals surface area contributed by atoms with E-state index in [-0.39, 0.29) is 4.75 Å². The zero-order valence-electron chi connectivity index (χ0n) is 9.88. The van der Waals surface area contributed by atoms with Crippen LogP contribution in [0.1, 0.15) is 32.6 Å². The van der Waals surface area contributed by atoms with Crippen molar-refractivity contribution in [3.8, 4) is 0 Å². The second-order valence-corrected chi connectivity index (χ2v) is 7.32. The van der Waals surface area contributed by atoms with E-state index in [9.17, 15) is 4.79 Å². The number of piperidine rings is 1. The van der Waals surface area contributed by atoms with Crippen molar-refractivity contribution in [3.63, 3.8) is 0 Å². The molecule has 1 atom stereocenters. The van der Waals surface area contributed by atoms with Crippen LogP contribution in [0.3, 0.4) is 0 Å². The lowest BCUT2D eigenvalue weighted by Gasteiger charge is -2.36. The summed E-state index contributed by atoms with van der Waals surface area (Å²) in [7, 11) is 0. The molecule has 2 nitrogen and oxygen atoms in total. The van der Waals surface area contributed by atoms with Gasteiger partial charge in [-0.1, -0.05) is 15.9 Å². The molecule has 2 aliphatic rings. The standard InChI is InChI=1S/C12H20BrNOS/c1-12(5-2-8-16-12)11(15)14-6-3-10(9-13)4-7-14/h10H,2-9H2,1H3. The van der Waals surface area contributed by atoms with Crippen molar-refractivity contribution >= 4 is 33.6 Å². The van der Waals surface area contributed by atoms with E-state index in [0.717, 1.165) is 49.4 Å². The van der Waals surface area contributed by atoms with E-state index in [1.165, 1.54) is 6.42 Å². The van der Waals surface area contributed by atoms with Crippen molar-refractivity contribution in [2.24, 2.45) is 5.92 Å². The van der Waals surface area contributed by atoms with Crippen LogP contribution in [0.5, 0.6) is 0 Å². The lowest BCUT2D eigenvalue weighted by molar-refractivity contribution is -0.134. The third-order valence-corrected chi connectivity index (χ3v) is 6.22. The fourth-order valence-corrected chi connectivity index (χ4v) is 4.50. The molecule has 2 fully saturated rings. The Kier molecular flexibility index (Phi) is 4.22. The van der Waals surface area contributed by atoms with Gasteiger partial charge in [-0.3, -0.25) is 4.79 Å². The Hall–Kier alpha value is 0.300. The minimum Gasteiger partial charge on any atom is -0.341 e. The van der Waals surface area contributed by atoms with E-state index in [2.05, 4.69) is 27.8 Å². The van der Waals surface area contributed by atoms with E-state index in [0.29, 0.717) is 5.91 Å². The summed E-state index contributed by atoms with van der Waals surface area (Å²) in [6.45, 7) is 4.06.